The SMILES string of the molecule is CC(C)(C)OC(=O)Nc1nc(/C(=N/OC(c2ccccc2)(c2ccccc2)c2ccccc2)C(=O)N[C@@H]2C(=O)N3C(C(=O)OC(c4ccccc4)c4ccccc4)=C(SCSc4ncn(C(c5ccccc5)(c5ccccc5)c5ccccc5)n4)CS[C@H]23)cs1. The van der Waals surface area contributed by atoms with Gasteiger partial charge in [0, 0.05) is 32.7 Å². The monoisotopic (exact) mass is 1260 g/mol. The molecule has 0 radical (unpaired) electrons. The lowest BCUT2D eigenvalue weighted by atomic mass is 9.77. The van der Waals surface area contributed by atoms with Gasteiger partial charge in [0.2, 0.25) is 10.8 Å². The van der Waals surface area contributed by atoms with Gasteiger partial charge in [-0.3, -0.25) is 19.8 Å². The Morgan fingerprint density at radius 1 is 0.644 bits per heavy atom. The number of nitrogens with zero attached hydrogens (tertiary/aromatic N) is 6. The van der Waals surface area contributed by atoms with Crippen LogP contribution >= 0.6 is 46.6 Å². The number of nitrogens with one attached hydrogen (secondary N) is 2. The third-order valence-electron chi connectivity index (χ3n) is 15.0. The lowest BCUT2D eigenvalue weighted by Crippen LogP contribution is -2.71. The number of anilines is 1. The molecule has 0 saturated carbocycles. The first kappa shape index (κ1) is 60.7. The average Bonchev–Trinajstić information content (AvgIpc) is 0.962. The number of amides is 3. The van der Waals surface area contributed by atoms with Crippen molar-refractivity contribution in [3.8, 4) is 0 Å². The van der Waals surface area contributed by atoms with Crippen molar-refractivity contribution < 1.29 is 33.5 Å². The van der Waals surface area contributed by atoms with E-state index in [1.54, 1.807) is 32.5 Å². The maximum absolute atomic E-state index is 15.3. The van der Waals surface area contributed by atoms with Crippen molar-refractivity contribution in [3.63, 3.8) is 0 Å². The number of hydrogen-bond donors (Lipinski definition) is 2. The number of ether oxygens (including phenoxy) is 2. The molecule has 8 aromatic carbocycles. The Labute approximate surface area is 538 Å². The van der Waals surface area contributed by atoms with Crippen LogP contribution in [0.1, 0.15) is 77.1 Å². The smallest absolute Gasteiger partial charge is 0.413 e. The van der Waals surface area contributed by atoms with E-state index >= 15 is 14.4 Å². The quantitative estimate of drug-likeness (QED) is 0.0132. The molecule has 90 heavy (non-hydrogen) atoms. The van der Waals surface area contributed by atoms with Crippen molar-refractivity contribution in [1.82, 2.24) is 30.0 Å². The first-order valence-electron chi connectivity index (χ1n) is 28.9. The highest BCUT2D eigenvalue weighted by Gasteiger charge is 2.55. The van der Waals surface area contributed by atoms with E-state index < -0.39 is 58.1 Å². The van der Waals surface area contributed by atoms with Crippen LogP contribution in [0.15, 0.2) is 275 Å². The van der Waals surface area contributed by atoms with Crippen molar-refractivity contribution in [2.45, 2.75) is 60.2 Å². The van der Waals surface area contributed by atoms with Crippen LogP contribution in [-0.2, 0) is 39.8 Å². The molecule has 15 nitrogen and oxygen atoms in total. The second-order valence-corrected chi connectivity index (χ2v) is 26.2. The summed E-state index contributed by atoms with van der Waals surface area (Å²) in [6.45, 7) is 5.24. The van der Waals surface area contributed by atoms with Gasteiger partial charge in [-0.05, 0) is 48.6 Å². The van der Waals surface area contributed by atoms with E-state index in [0.717, 1.165) is 39.2 Å². The number of thiazole rings is 1. The van der Waals surface area contributed by atoms with Gasteiger partial charge in [-0.25, -0.2) is 24.2 Å². The first-order valence-corrected chi connectivity index (χ1v) is 32.8. The van der Waals surface area contributed by atoms with Crippen molar-refractivity contribution in [2.24, 2.45) is 5.16 Å². The first-order chi connectivity index (χ1) is 43.9. The van der Waals surface area contributed by atoms with E-state index in [1.807, 2.05) is 211 Å². The van der Waals surface area contributed by atoms with E-state index in [9.17, 15) is 4.79 Å². The van der Waals surface area contributed by atoms with Gasteiger partial charge in [0.15, 0.2) is 16.9 Å². The molecule has 2 aliphatic heterocycles. The van der Waals surface area contributed by atoms with Crippen LogP contribution in [-0.4, -0.2) is 82.1 Å². The highest BCUT2D eigenvalue weighted by Crippen LogP contribution is 2.47. The summed E-state index contributed by atoms with van der Waals surface area (Å²) in [5.41, 5.74) is 3.32. The molecule has 10 aromatic rings. The summed E-state index contributed by atoms with van der Waals surface area (Å²) in [6, 6.07) is 77.0. The zero-order chi connectivity index (χ0) is 62.1. The molecule has 19 heteroatoms. The van der Waals surface area contributed by atoms with Gasteiger partial charge in [-0.15, -0.1) is 40.0 Å². The number of rotatable bonds is 21. The summed E-state index contributed by atoms with van der Waals surface area (Å²) in [5.74, 6) is -1.78. The molecule has 450 valence electrons. The lowest BCUT2D eigenvalue weighted by Gasteiger charge is -2.49. The molecule has 1 fully saturated rings. The number of aromatic nitrogens is 4. The second-order valence-electron chi connectivity index (χ2n) is 21.9. The van der Waals surface area contributed by atoms with Crippen LogP contribution in [0, 0.1) is 0 Å². The molecule has 2 N–H and O–H groups in total. The number of β-lactam (4-membered cyclic amide) rings is 1. The zero-order valence-electron chi connectivity index (χ0n) is 49.1. The van der Waals surface area contributed by atoms with Gasteiger partial charge in [0.1, 0.15) is 40.3 Å². The molecule has 3 amide bonds. The van der Waals surface area contributed by atoms with Crippen LogP contribution in [0.2, 0.25) is 0 Å². The van der Waals surface area contributed by atoms with Crippen LogP contribution in [0.5, 0.6) is 0 Å². The fourth-order valence-electron chi connectivity index (χ4n) is 11.0. The minimum atomic E-state index is -1.41. The van der Waals surface area contributed by atoms with E-state index in [1.165, 1.54) is 40.2 Å². The molecule has 0 bridgehead atoms. The van der Waals surface area contributed by atoms with Crippen molar-refractivity contribution in [3.05, 3.63) is 315 Å². The number of oxime groups is 1. The van der Waals surface area contributed by atoms with E-state index in [0.29, 0.717) is 31.8 Å². The van der Waals surface area contributed by atoms with Gasteiger partial charge < -0.3 is 19.6 Å². The molecule has 4 heterocycles. The number of fused-ring (bicyclic) bond motifs is 1. The summed E-state index contributed by atoms with van der Waals surface area (Å²) in [6.07, 6.45) is 0.180. The predicted molar refractivity (Wildman–Crippen MR) is 355 cm³/mol. The minimum absolute atomic E-state index is 0.0463. The summed E-state index contributed by atoms with van der Waals surface area (Å²) < 4.78 is 14.0. The van der Waals surface area contributed by atoms with Crippen LogP contribution in [0.25, 0.3) is 0 Å². The van der Waals surface area contributed by atoms with Gasteiger partial charge >= 0.3 is 12.1 Å². The second kappa shape index (κ2) is 27.1. The van der Waals surface area contributed by atoms with Crippen molar-refractivity contribution in [1.29, 1.82) is 0 Å². The largest absolute Gasteiger partial charge is 0.448 e. The molecule has 1 saturated heterocycles. The summed E-state index contributed by atoms with van der Waals surface area (Å²) in [4.78, 5) is 77.1. The standard InChI is InChI=1S/C71H60N8O7S4/c1-69(2,3)85-68(83)75-67-73-56(44-88-67)58(77-86-71(53-38-22-9-23-39-53,54-40-24-10-25-41-54)55-42-26-11-27-43-55)62(80)74-59-63(81)79-60(65(82)84-61(48-28-12-4-13-29-48)49-30-14-5-15-31-49)57(45-87-64(59)79)89-47-90-66-72-46-78(76-66)70(50-32-16-6-17-33-50,51-34-18-7-19-35-51)52-36-20-8-21-37-52/h4-44,46,59,61,64H,45,47H2,1-3H3,(H,74,80)(H,73,75,83)/b77-58-/t59-,64-/m1/s1. The summed E-state index contributed by atoms with van der Waals surface area (Å²) in [7, 11) is 0. The Balaban J connectivity index is 0.875. The Hall–Kier alpha value is -9.53. The number of benzene rings is 8. The predicted octanol–water partition coefficient (Wildman–Crippen LogP) is 14.1. The van der Waals surface area contributed by atoms with E-state index in [2.05, 4.69) is 52.0 Å². The number of thioether (sulfide) groups is 3. The fraction of sp³-hybridized carbons (Fsp3) is 0.155. The van der Waals surface area contributed by atoms with Crippen LogP contribution in [0.3, 0.4) is 0 Å². The van der Waals surface area contributed by atoms with Gasteiger partial charge in [0.25, 0.3) is 11.8 Å². The summed E-state index contributed by atoms with van der Waals surface area (Å²) in [5, 5.41) is 17.3. The normalized spacial score (nSPS) is 15.1. The maximum Gasteiger partial charge on any atom is 0.413 e. The Morgan fingerprint density at radius 3 is 1.59 bits per heavy atom. The Kier molecular flexibility index (Phi) is 18.3. The zero-order valence-corrected chi connectivity index (χ0v) is 52.3. The Bertz CT molecular complexity index is 3950. The van der Waals surface area contributed by atoms with Crippen LogP contribution < -0.4 is 10.6 Å². The maximum atomic E-state index is 15.3. The molecule has 0 aliphatic carbocycles. The average molecular weight is 1270 g/mol. The molecule has 12 rings (SSSR count). The van der Waals surface area contributed by atoms with Crippen molar-refractivity contribution >= 4 is 81.3 Å². The van der Waals surface area contributed by atoms with Crippen molar-refractivity contribution in [2.75, 3.05) is 16.2 Å². The third-order valence-corrected chi connectivity index (χ3v) is 19.3. The third kappa shape index (κ3) is 12.7. The molecule has 0 spiro atoms. The molecule has 2 atom stereocenters. The molecule has 0 unspecified atom stereocenters. The minimum Gasteiger partial charge on any atom is -0.448 e. The fourth-order valence-corrected chi connectivity index (χ4v) is 15.3. The number of carbonyl (C=O) groups is 4. The number of esters is 1. The molecule has 2 aliphatic rings. The summed E-state index contributed by atoms with van der Waals surface area (Å²) >= 11 is 5.24. The van der Waals surface area contributed by atoms with E-state index in [-0.39, 0.29) is 28.0 Å². The molecule has 2 aromatic heterocycles. The van der Waals surface area contributed by atoms with E-state index in [4.69, 9.17) is 29.5 Å². The Morgan fingerprint density at radius 2 is 1.11 bits per heavy atom. The van der Waals surface area contributed by atoms with Gasteiger partial charge in [0.05, 0.1) is 5.08 Å². The van der Waals surface area contributed by atoms with Gasteiger partial charge in [-0.1, -0.05) is 260 Å². The van der Waals surface area contributed by atoms with Crippen LogP contribution in [0.4, 0.5) is 9.93 Å². The van der Waals surface area contributed by atoms with Gasteiger partial charge in [-0.2, -0.15) is 0 Å². The highest BCUT2D eigenvalue weighted by atomic mass is 32.2. The molecular formula is C71H60N8O7S4. The lowest BCUT2D eigenvalue weighted by molar-refractivity contribution is -0.154. The number of hydrogen-bond acceptors (Lipinski definition) is 15. The highest BCUT2D eigenvalue weighted by molar-refractivity contribution is 8.18. The number of carbonyl (C=O) groups excluding carboxylic acids is 4. The topological polar surface area (TPSA) is 179 Å². The molecular weight excluding hydrogens is 1210 g/mol.